The molecule has 3 nitrogen and oxygen atoms in total. The van der Waals surface area contributed by atoms with Crippen LogP contribution in [0.5, 0.6) is 5.75 Å². The summed E-state index contributed by atoms with van der Waals surface area (Å²) in [4.78, 5) is 0. The third kappa shape index (κ3) is 2.60. The molecule has 2 N–H and O–H groups in total. The molecule has 116 valence electrons. The summed E-state index contributed by atoms with van der Waals surface area (Å²) in [6, 6.07) is 12.3. The molecule has 0 aliphatic heterocycles. The van der Waals surface area contributed by atoms with E-state index in [2.05, 4.69) is 5.32 Å². The number of ether oxygens (including phenoxy) is 1. The van der Waals surface area contributed by atoms with Crippen LogP contribution in [0.3, 0.4) is 0 Å². The van der Waals surface area contributed by atoms with Crippen LogP contribution >= 0.6 is 0 Å². The van der Waals surface area contributed by atoms with E-state index in [1.54, 1.807) is 20.0 Å². The van der Waals surface area contributed by atoms with Crippen LogP contribution in [-0.4, -0.2) is 24.3 Å². The lowest BCUT2D eigenvalue weighted by molar-refractivity contribution is -0.0487. The van der Waals surface area contributed by atoms with E-state index in [4.69, 9.17) is 4.74 Å². The van der Waals surface area contributed by atoms with E-state index in [0.717, 1.165) is 16.7 Å². The Balaban J connectivity index is 1.98. The van der Waals surface area contributed by atoms with Gasteiger partial charge in [0, 0.05) is 13.0 Å². The van der Waals surface area contributed by atoms with E-state index in [0.29, 0.717) is 18.7 Å². The molecular formula is C18H20FNO2. The Bertz CT molecular complexity index is 689. The van der Waals surface area contributed by atoms with Crippen molar-refractivity contribution in [2.75, 3.05) is 13.6 Å². The predicted octanol–water partition coefficient (Wildman–Crippen LogP) is 2.76. The number of aliphatic hydroxyl groups is 1. The fraction of sp³-hybridized carbons (Fsp3) is 0.333. The normalized spacial score (nSPS) is 23.4. The number of hydrogen-bond acceptors (Lipinski definition) is 3. The summed E-state index contributed by atoms with van der Waals surface area (Å²) in [6.07, 6.45) is 0.0647. The minimum atomic E-state index is -1.01. The quantitative estimate of drug-likeness (QED) is 0.912. The maximum absolute atomic E-state index is 13.3. The van der Waals surface area contributed by atoms with Crippen LogP contribution in [0.2, 0.25) is 0 Å². The Morgan fingerprint density at radius 1 is 1.32 bits per heavy atom. The first-order valence-electron chi connectivity index (χ1n) is 7.41. The van der Waals surface area contributed by atoms with Gasteiger partial charge in [-0.05, 0) is 48.9 Å². The number of benzene rings is 2. The Morgan fingerprint density at radius 2 is 2.09 bits per heavy atom. The number of fused-ring (bicyclic) bond motifs is 1. The minimum Gasteiger partial charge on any atom is -0.482 e. The maximum atomic E-state index is 13.3. The highest BCUT2D eigenvalue weighted by Gasteiger charge is 2.46. The zero-order valence-electron chi connectivity index (χ0n) is 12.8. The molecule has 0 radical (unpaired) electrons. The molecule has 0 heterocycles. The van der Waals surface area contributed by atoms with Crippen LogP contribution in [0, 0.1) is 12.7 Å². The van der Waals surface area contributed by atoms with Crippen molar-refractivity contribution >= 4 is 0 Å². The van der Waals surface area contributed by atoms with E-state index < -0.39 is 11.7 Å². The summed E-state index contributed by atoms with van der Waals surface area (Å²) in [5.74, 6) is 0.305. The Labute approximate surface area is 129 Å². The Kier molecular flexibility index (Phi) is 3.89. The van der Waals surface area contributed by atoms with Gasteiger partial charge >= 0.3 is 0 Å². The molecule has 1 aliphatic carbocycles. The molecule has 0 fully saturated rings. The monoisotopic (exact) mass is 301 g/mol. The molecule has 0 aromatic heterocycles. The van der Waals surface area contributed by atoms with Gasteiger partial charge in [0.05, 0.1) is 0 Å². The lowest BCUT2D eigenvalue weighted by Crippen LogP contribution is -2.45. The van der Waals surface area contributed by atoms with Gasteiger partial charge in [-0.3, -0.25) is 0 Å². The molecule has 0 amide bonds. The smallest absolute Gasteiger partial charge is 0.154 e. The molecule has 1 aliphatic rings. The Hall–Kier alpha value is -1.91. The Morgan fingerprint density at radius 3 is 2.82 bits per heavy atom. The maximum Gasteiger partial charge on any atom is 0.154 e. The van der Waals surface area contributed by atoms with E-state index in [-0.39, 0.29) is 5.82 Å². The van der Waals surface area contributed by atoms with Crippen LogP contribution < -0.4 is 10.1 Å². The first kappa shape index (κ1) is 15.0. The number of hydrogen-bond donors (Lipinski definition) is 2. The molecule has 22 heavy (non-hydrogen) atoms. The molecule has 2 atom stereocenters. The number of rotatable bonds is 4. The van der Waals surface area contributed by atoms with Gasteiger partial charge in [0.2, 0.25) is 0 Å². The lowest BCUT2D eigenvalue weighted by Gasteiger charge is -2.31. The first-order chi connectivity index (χ1) is 10.5. The van der Waals surface area contributed by atoms with Crippen molar-refractivity contribution in [1.82, 2.24) is 5.32 Å². The summed E-state index contributed by atoms with van der Waals surface area (Å²) in [7, 11) is 1.81. The zero-order chi connectivity index (χ0) is 15.7. The molecule has 0 saturated carbocycles. The van der Waals surface area contributed by atoms with Crippen molar-refractivity contribution in [2.45, 2.75) is 25.0 Å². The minimum absolute atomic E-state index is 0.290. The summed E-state index contributed by atoms with van der Waals surface area (Å²) in [5, 5.41) is 14.1. The topological polar surface area (TPSA) is 41.5 Å². The standard InChI is InChI=1S/C18H20FNO2/c1-12-9-14(19)7-8-16(12)22-17-15-6-4-3-5-13(15)10-18(17,21)11-20-2/h3-9,17,20-21H,10-11H2,1-2H3/t17-,18+/m1/s1. The summed E-state index contributed by atoms with van der Waals surface area (Å²) in [5.41, 5.74) is 1.78. The largest absolute Gasteiger partial charge is 0.482 e. The molecule has 0 spiro atoms. The summed E-state index contributed by atoms with van der Waals surface area (Å²) >= 11 is 0. The van der Waals surface area contributed by atoms with Crippen molar-refractivity contribution in [3.8, 4) is 5.75 Å². The van der Waals surface area contributed by atoms with Crippen LogP contribution in [0.4, 0.5) is 4.39 Å². The van der Waals surface area contributed by atoms with Crippen LogP contribution in [0.25, 0.3) is 0 Å². The van der Waals surface area contributed by atoms with Crippen molar-refractivity contribution in [3.05, 3.63) is 65.0 Å². The molecule has 0 saturated heterocycles. The van der Waals surface area contributed by atoms with Gasteiger partial charge < -0.3 is 15.2 Å². The molecule has 2 aromatic rings. The van der Waals surface area contributed by atoms with Gasteiger partial charge in [0.1, 0.15) is 17.2 Å². The fourth-order valence-electron chi connectivity index (χ4n) is 3.17. The molecule has 3 rings (SSSR count). The van der Waals surface area contributed by atoms with Gasteiger partial charge in [-0.2, -0.15) is 0 Å². The molecule has 0 bridgehead atoms. The van der Waals surface area contributed by atoms with E-state index in [1.165, 1.54) is 12.1 Å². The lowest BCUT2D eigenvalue weighted by atomic mass is 9.97. The zero-order valence-corrected chi connectivity index (χ0v) is 12.8. The van der Waals surface area contributed by atoms with Gasteiger partial charge in [-0.1, -0.05) is 24.3 Å². The molecular weight excluding hydrogens is 281 g/mol. The van der Waals surface area contributed by atoms with Crippen molar-refractivity contribution in [2.24, 2.45) is 0 Å². The second-order valence-electron chi connectivity index (χ2n) is 5.92. The van der Waals surface area contributed by atoms with Gasteiger partial charge in [-0.15, -0.1) is 0 Å². The highest BCUT2D eigenvalue weighted by molar-refractivity contribution is 5.41. The SMILES string of the molecule is CNC[C@@]1(O)Cc2ccccc2[C@H]1Oc1ccc(F)cc1C. The third-order valence-electron chi connectivity index (χ3n) is 4.19. The van der Waals surface area contributed by atoms with Crippen molar-refractivity contribution in [1.29, 1.82) is 0 Å². The molecule has 2 aromatic carbocycles. The molecule has 0 unspecified atom stereocenters. The van der Waals surface area contributed by atoms with Crippen LogP contribution in [-0.2, 0) is 6.42 Å². The molecule has 4 heteroatoms. The summed E-state index contributed by atoms with van der Waals surface area (Å²) in [6.45, 7) is 2.23. The number of halogens is 1. The van der Waals surface area contributed by atoms with Crippen LogP contribution in [0.1, 0.15) is 22.8 Å². The van der Waals surface area contributed by atoms with Crippen molar-refractivity contribution < 1.29 is 14.2 Å². The van der Waals surface area contributed by atoms with Gasteiger partial charge in [-0.25, -0.2) is 4.39 Å². The second-order valence-corrected chi connectivity index (χ2v) is 5.92. The van der Waals surface area contributed by atoms with E-state index >= 15 is 0 Å². The van der Waals surface area contributed by atoms with E-state index in [1.807, 2.05) is 24.3 Å². The van der Waals surface area contributed by atoms with Gasteiger partial charge in [0.25, 0.3) is 0 Å². The van der Waals surface area contributed by atoms with Crippen molar-refractivity contribution in [3.63, 3.8) is 0 Å². The van der Waals surface area contributed by atoms with E-state index in [9.17, 15) is 9.50 Å². The van der Waals surface area contributed by atoms with Gasteiger partial charge in [0.15, 0.2) is 6.10 Å². The highest BCUT2D eigenvalue weighted by Crippen LogP contribution is 2.42. The average Bonchev–Trinajstić information content (AvgIpc) is 2.74. The highest BCUT2D eigenvalue weighted by atomic mass is 19.1. The second kappa shape index (κ2) is 5.71. The first-order valence-corrected chi connectivity index (χ1v) is 7.41. The van der Waals surface area contributed by atoms with Crippen LogP contribution in [0.15, 0.2) is 42.5 Å². The predicted molar refractivity (Wildman–Crippen MR) is 83.5 cm³/mol. The average molecular weight is 301 g/mol. The summed E-state index contributed by atoms with van der Waals surface area (Å²) < 4.78 is 19.4. The third-order valence-corrected chi connectivity index (χ3v) is 4.19. The fourth-order valence-corrected chi connectivity index (χ4v) is 3.17. The number of likely N-dealkylation sites (N-methyl/N-ethyl adjacent to an activating group) is 1. The number of aryl methyl sites for hydroxylation is 1. The number of nitrogens with one attached hydrogen (secondary N) is 1.